The van der Waals surface area contributed by atoms with E-state index in [4.69, 9.17) is 16.3 Å². The average Bonchev–Trinajstić information content (AvgIpc) is 2.54. The van der Waals surface area contributed by atoms with Gasteiger partial charge in [-0.2, -0.15) is 0 Å². The molecule has 0 heterocycles. The number of anilines is 2. The molecule has 120 valence electrons. The van der Waals surface area contributed by atoms with Crippen molar-refractivity contribution >= 4 is 34.6 Å². The number of carbonyl (C=O) groups excluding carboxylic acids is 1. The van der Waals surface area contributed by atoms with Gasteiger partial charge in [-0.1, -0.05) is 23.7 Å². The minimum Gasteiger partial charge on any atom is -0.495 e. The second kappa shape index (κ2) is 7.46. The number of para-hydroxylation sites is 2. The van der Waals surface area contributed by atoms with Crippen LogP contribution in [0.4, 0.5) is 17.1 Å². The molecule has 2 aromatic rings. The van der Waals surface area contributed by atoms with Crippen LogP contribution in [0.3, 0.4) is 0 Å². The first kappa shape index (κ1) is 16.6. The Labute approximate surface area is 137 Å². The van der Waals surface area contributed by atoms with Crippen LogP contribution in [0, 0.1) is 10.1 Å². The molecule has 0 atom stereocenters. The van der Waals surface area contributed by atoms with E-state index in [0.29, 0.717) is 17.1 Å². The van der Waals surface area contributed by atoms with E-state index in [2.05, 4.69) is 10.6 Å². The van der Waals surface area contributed by atoms with Crippen molar-refractivity contribution in [2.24, 2.45) is 0 Å². The number of halogens is 1. The number of hydrogen-bond donors (Lipinski definition) is 2. The molecule has 0 aromatic heterocycles. The predicted molar refractivity (Wildman–Crippen MR) is 88.2 cm³/mol. The molecule has 8 heteroatoms. The summed E-state index contributed by atoms with van der Waals surface area (Å²) in [6.45, 7) is -0.0587. The fourth-order valence-electron chi connectivity index (χ4n) is 1.89. The molecule has 7 nitrogen and oxygen atoms in total. The third kappa shape index (κ3) is 4.33. The average molecular weight is 336 g/mol. The Morgan fingerprint density at radius 2 is 2.04 bits per heavy atom. The van der Waals surface area contributed by atoms with Crippen LogP contribution in [-0.4, -0.2) is 24.5 Å². The molecule has 0 aliphatic heterocycles. The molecule has 0 fully saturated rings. The minimum absolute atomic E-state index is 0.0408. The topological polar surface area (TPSA) is 93.5 Å². The quantitative estimate of drug-likeness (QED) is 0.624. The monoisotopic (exact) mass is 335 g/mol. The molecule has 0 unspecified atom stereocenters. The fourth-order valence-corrected chi connectivity index (χ4v) is 2.07. The number of benzene rings is 2. The van der Waals surface area contributed by atoms with Crippen LogP contribution < -0.4 is 15.4 Å². The van der Waals surface area contributed by atoms with Crippen molar-refractivity contribution < 1.29 is 14.5 Å². The lowest BCUT2D eigenvalue weighted by Crippen LogP contribution is -2.22. The molecule has 0 saturated carbocycles. The van der Waals surface area contributed by atoms with Gasteiger partial charge in [-0.15, -0.1) is 0 Å². The Morgan fingerprint density at radius 1 is 1.30 bits per heavy atom. The number of nitrogens with one attached hydrogen (secondary N) is 2. The molecular formula is C15H14ClN3O4. The van der Waals surface area contributed by atoms with Gasteiger partial charge in [0.2, 0.25) is 5.91 Å². The molecule has 0 aliphatic carbocycles. The Balaban J connectivity index is 1.99. The van der Waals surface area contributed by atoms with Crippen molar-refractivity contribution in [3.63, 3.8) is 0 Å². The second-order valence-corrected chi connectivity index (χ2v) is 4.93. The third-order valence-corrected chi connectivity index (χ3v) is 3.30. The van der Waals surface area contributed by atoms with Gasteiger partial charge in [0.25, 0.3) is 5.69 Å². The maximum Gasteiger partial charge on any atom is 0.289 e. The zero-order chi connectivity index (χ0) is 16.8. The highest BCUT2D eigenvalue weighted by Crippen LogP contribution is 2.27. The SMILES string of the molecule is COc1ccccc1NC(=O)CNc1ccc(Cl)c([N+](=O)[O-])c1. The Bertz CT molecular complexity index is 736. The van der Waals surface area contributed by atoms with E-state index < -0.39 is 4.92 Å². The molecule has 0 radical (unpaired) electrons. The largest absolute Gasteiger partial charge is 0.495 e. The summed E-state index contributed by atoms with van der Waals surface area (Å²) in [6, 6.07) is 11.2. The number of carbonyl (C=O) groups is 1. The maximum atomic E-state index is 12.0. The second-order valence-electron chi connectivity index (χ2n) is 4.53. The lowest BCUT2D eigenvalue weighted by molar-refractivity contribution is -0.384. The third-order valence-electron chi connectivity index (χ3n) is 2.98. The first-order valence-electron chi connectivity index (χ1n) is 6.62. The van der Waals surface area contributed by atoms with Gasteiger partial charge in [0.15, 0.2) is 0 Å². The number of rotatable bonds is 6. The Morgan fingerprint density at radius 3 is 2.74 bits per heavy atom. The van der Waals surface area contributed by atoms with Gasteiger partial charge in [0.05, 0.1) is 24.3 Å². The summed E-state index contributed by atoms with van der Waals surface area (Å²) in [6.07, 6.45) is 0. The van der Waals surface area contributed by atoms with Gasteiger partial charge in [0.1, 0.15) is 10.8 Å². The maximum absolute atomic E-state index is 12.0. The van der Waals surface area contributed by atoms with E-state index in [9.17, 15) is 14.9 Å². The zero-order valence-electron chi connectivity index (χ0n) is 12.2. The molecule has 2 aromatic carbocycles. The van der Waals surface area contributed by atoms with Gasteiger partial charge in [0, 0.05) is 11.8 Å². The van der Waals surface area contributed by atoms with Crippen molar-refractivity contribution in [1.29, 1.82) is 0 Å². The molecule has 0 spiro atoms. The normalized spacial score (nSPS) is 10.0. The van der Waals surface area contributed by atoms with E-state index in [1.807, 2.05) is 0 Å². The van der Waals surface area contributed by atoms with Crippen LogP contribution in [0.15, 0.2) is 42.5 Å². The number of ether oxygens (including phenoxy) is 1. The van der Waals surface area contributed by atoms with E-state index >= 15 is 0 Å². The molecule has 0 saturated heterocycles. The van der Waals surface area contributed by atoms with Gasteiger partial charge < -0.3 is 15.4 Å². The smallest absolute Gasteiger partial charge is 0.289 e. The first-order valence-corrected chi connectivity index (χ1v) is 6.99. The van der Waals surface area contributed by atoms with E-state index in [-0.39, 0.29) is 23.2 Å². The van der Waals surface area contributed by atoms with Crippen molar-refractivity contribution in [3.05, 3.63) is 57.6 Å². The summed E-state index contributed by atoms with van der Waals surface area (Å²) in [5.41, 5.74) is 0.752. The Kier molecular flexibility index (Phi) is 5.37. The van der Waals surface area contributed by atoms with Gasteiger partial charge in [-0.25, -0.2) is 0 Å². The lowest BCUT2D eigenvalue weighted by atomic mass is 10.2. The van der Waals surface area contributed by atoms with Crippen LogP contribution in [0.5, 0.6) is 5.75 Å². The summed E-state index contributed by atoms with van der Waals surface area (Å²) >= 11 is 5.73. The van der Waals surface area contributed by atoms with Gasteiger partial charge in [-0.3, -0.25) is 14.9 Å². The number of amides is 1. The minimum atomic E-state index is -0.581. The number of nitro benzene ring substituents is 1. The molecule has 23 heavy (non-hydrogen) atoms. The summed E-state index contributed by atoms with van der Waals surface area (Å²) in [4.78, 5) is 22.2. The molecule has 2 N–H and O–H groups in total. The van der Waals surface area contributed by atoms with Crippen LogP contribution in [-0.2, 0) is 4.79 Å². The van der Waals surface area contributed by atoms with E-state index in [0.717, 1.165) is 0 Å². The highest BCUT2D eigenvalue weighted by atomic mass is 35.5. The van der Waals surface area contributed by atoms with Crippen molar-refractivity contribution in [2.75, 3.05) is 24.3 Å². The van der Waals surface area contributed by atoms with Crippen LogP contribution in [0.25, 0.3) is 0 Å². The summed E-state index contributed by atoms with van der Waals surface area (Å²) in [7, 11) is 1.51. The number of methoxy groups -OCH3 is 1. The molecule has 1 amide bonds. The number of nitrogens with zero attached hydrogens (tertiary/aromatic N) is 1. The first-order chi connectivity index (χ1) is 11.0. The van der Waals surface area contributed by atoms with E-state index in [1.54, 1.807) is 30.3 Å². The summed E-state index contributed by atoms with van der Waals surface area (Å²) in [5, 5.41) is 16.4. The van der Waals surface area contributed by atoms with Crippen LogP contribution in [0.2, 0.25) is 5.02 Å². The van der Waals surface area contributed by atoms with Crippen LogP contribution in [0.1, 0.15) is 0 Å². The van der Waals surface area contributed by atoms with Crippen LogP contribution >= 0.6 is 11.6 Å². The summed E-state index contributed by atoms with van der Waals surface area (Å²) < 4.78 is 5.14. The highest BCUT2D eigenvalue weighted by Gasteiger charge is 2.13. The van der Waals surface area contributed by atoms with Gasteiger partial charge >= 0.3 is 0 Å². The lowest BCUT2D eigenvalue weighted by Gasteiger charge is -2.11. The number of hydrogen-bond acceptors (Lipinski definition) is 5. The van der Waals surface area contributed by atoms with Crippen molar-refractivity contribution in [2.45, 2.75) is 0 Å². The number of nitro groups is 1. The summed E-state index contributed by atoms with van der Waals surface area (Å²) in [5.74, 6) is 0.232. The molecular weight excluding hydrogens is 322 g/mol. The predicted octanol–water partition coefficient (Wildman–Crippen LogP) is 3.31. The Hall–Kier alpha value is -2.80. The van der Waals surface area contributed by atoms with Crippen molar-refractivity contribution in [3.8, 4) is 5.75 Å². The molecule has 2 rings (SSSR count). The molecule has 0 aliphatic rings. The standard InChI is InChI=1S/C15H14ClN3O4/c1-23-14-5-3-2-4-12(14)18-15(20)9-17-10-6-7-11(16)13(8-10)19(21)22/h2-8,17H,9H2,1H3,(H,18,20). The fraction of sp³-hybridized carbons (Fsp3) is 0.133. The zero-order valence-corrected chi connectivity index (χ0v) is 13.0. The van der Waals surface area contributed by atoms with E-state index in [1.165, 1.54) is 19.2 Å². The van der Waals surface area contributed by atoms with Gasteiger partial charge in [-0.05, 0) is 24.3 Å². The van der Waals surface area contributed by atoms with Crippen molar-refractivity contribution in [1.82, 2.24) is 0 Å². The molecule has 0 bridgehead atoms. The highest BCUT2D eigenvalue weighted by molar-refractivity contribution is 6.32.